The average molecular weight is 393 g/mol. The van der Waals surface area contributed by atoms with Crippen molar-refractivity contribution in [3.8, 4) is 5.75 Å². The van der Waals surface area contributed by atoms with Crippen LogP contribution in [0.3, 0.4) is 0 Å². The van der Waals surface area contributed by atoms with Gasteiger partial charge in [-0.25, -0.2) is 4.98 Å². The highest BCUT2D eigenvalue weighted by Crippen LogP contribution is 2.19. The van der Waals surface area contributed by atoms with E-state index < -0.39 is 6.04 Å². The minimum atomic E-state index is -0.714. The van der Waals surface area contributed by atoms with Crippen LogP contribution in [0.25, 0.3) is 17.1 Å². The molecule has 150 valence electrons. The number of aromatic nitrogens is 3. The number of fused-ring (bicyclic) bond motifs is 1. The molecule has 0 aliphatic rings. The van der Waals surface area contributed by atoms with Crippen molar-refractivity contribution in [2.24, 2.45) is 7.05 Å². The fraction of sp³-hybridized carbons (Fsp3) is 0.238. The Bertz CT molecular complexity index is 1070. The zero-order valence-corrected chi connectivity index (χ0v) is 16.8. The average Bonchev–Trinajstić information content (AvgIpc) is 3.00. The van der Waals surface area contributed by atoms with Crippen molar-refractivity contribution >= 4 is 34.6 Å². The lowest BCUT2D eigenvalue weighted by Crippen LogP contribution is -2.40. The van der Waals surface area contributed by atoms with Gasteiger partial charge in [0.15, 0.2) is 5.65 Å². The quantitative estimate of drug-likeness (QED) is 0.627. The van der Waals surface area contributed by atoms with Gasteiger partial charge in [0.25, 0.3) is 0 Å². The molecule has 0 radical (unpaired) electrons. The Balaban J connectivity index is 1.58. The summed E-state index contributed by atoms with van der Waals surface area (Å²) in [6.07, 6.45) is 4.63. The first-order chi connectivity index (χ1) is 13.9. The maximum absolute atomic E-state index is 12.4. The summed E-state index contributed by atoms with van der Waals surface area (Å²) < 4.78 is 6.79. The molecule has 0 saturated heterocycles. The third-order valence-corrected chi connectivity index (χ3v) is 4.43. The molecule has 0 spiro atoms. The molecule has 1 unspecified atom stereocenters. The molecule has 8 heteroatoms. The fourth-order valence-corrected chi connectivity index (χ4v) is 2.84. The normalized spacial score (nSPS) is 12.1. The number of hydrogen-bond donors (Lipinski definition) is 2. The summed E-state index contributed by atoms with van der Waals surface area (Å²) in [7, 11) is 3.41. The monoisotopic (exact) mass is 393 g/mol. The minimum Gasteiger partial charge on any atom is -0.497 e. The molecule has 0 aliphatic heterocycles. The summed E-state index contributed by atoms with van der Waals surface area (Å²) in [5.41, 5.74) is 2.97. The van der Waals surface area contributed by atoms with Gasteiger partial charge >= 0.3 is 0 Å². The molecule has 2 aromatic heterocycles. The number of nitrogens with zero attached hydrogens (tertiary/aromatic N) is 3. The second-order valence-electron chi connectivity index (χ2n) is 6.63. The fourth-order valence-electron chi connectivity index (χ4n) is 2.84. The Morgan fingerprint density at radius 1 is 1.24 bits per heavy atom. The molecular weight excluding hydrogens is 370 g/mol. The largest absolute Gasteiger partial charge is 0.497 e. The first-order valence-corrected chi connectivity index (χ1v) is 9.10. The first kappa shape index (κ1) is 20.1. The predicted molar refractivity (Wildman–Crippen MR) is 112 cm³/mol. The van der Waals surface area contributed by atoms with Crippen molar-refractivity contribution in [2.45, 2.75) is 19.9 Å². The van der Waals surface area contributed by atoms with Crippen molar-refractivity contribution in [1.29, 1.82) is 0 Å². The van der Waals surface area contributed by atoms with Crippen LogP contribution in [0.15, 0.2) is 42.6 Å². The number of carbonyl (C=O) groups excluding carboxylic acids is 2. The van der Waals surface area contributed by atoms with Crippen LogP contribution in [0.2, 0.25) is 0 Å². The molecule has 2 amide bonds. The summed E-state index contributed by atoms with van der Waals surface area (Å²) in [6.45, 7) is 3.50. The van der Waals surface area contributed by atoms with Crippen molar-refractivity contribution in [2.75, 3.05) is 12.4 Å². The number of aryl methyl sites for hydroxylation is 2. The maximum atomic E-state index is 12.4. The Labute approximate surface area is 168 Å². The number of anilines is 1. The van der Waals surface area contributed by atoms with Crippen LogP contribution in [-0.2, 0) is 16.6 Å². The molecule has 3 rings (SSSR count). The lowest BCUT2D eigenvalue weighted by Gasteiger charge is -2.13. The number of amides is 2. The molecule has 0 fully saturated rings. The molecule has 0 aliphatic carbocycles. The predicted octanol–water partition coefficient (Wildman–Crippen LogP) is 2.44. The second-order valence-corrected chi connectivity index (χ2v) is 6.63. The van der Waals surface area contributed by atoms with Gasteiger partial charge in [0.1, 0.15) is 11.8 Å². The van der Waals surface area contributed by atoms with Gasteiger partial charge in [-0.15, -0.1) is 0 Å². The van der Waals surface area contributed by atoms with Gasteiger partial charge in [-0.3, -0.25) is 14.3 Å². The lowest BCUT2D eigenvalue weighted by atomic mass is 10.2. The van der Waals surface area contributed by atoms with Crippen LogP contribution in [0.5, 0.6) is 5.75 Å². The van der Waals surface area contributed by atoms with Gasteiger partial charge in [0.2, 0.25) is 11.8 Å². The van der Waals surface area contributed by atoms with Crippen LogP contribution in [0, 0.1) is 6.92 Å². The highest BCUT2D eigenvalue weighted by atomic mass is 16.5. The first-order valence-electron chi connectivity index (χ1n) is 9.10. The third-order valence-electron chi connectivity index (χ3n) is 4.43. The van der Waals surface area contributed by atoms with Gasteiger partial charge in [0.05, 0.1) is 24.7 Å². The van der Waals surface area contributed by atoms with E-state index in [0.717, 1.165) is 28.0 Å². The number of nitrogens with one attached hydrogen (secondary N) is 2. The van der Waals surface area contributed by atoms with Gasteiger partial charge < -0.3 is 15.4 Å². The van der Waals surface area contributed by atoms with E-state index in [-0.39, 0.29) is 11.8 Å². The molecule has 1 atom stereocenters. The molecule has 1 aromatic carbocycles. The van der Waals surface area contributed by atoms with E-state index in [9.17, 15) is 9.59 Å². The third kappa shape index (κ3) is 4.78. The number of rotatable bonds is 6. The Kier molecular flexibility index (Phi) is 5.92. The van der Waals surface area contributed by atoms with E-state index in [4.69, 9.17) is 4.74 Å². The number of carbonyl (C=O) groups is 2. The number of pyridine rings is 1. The summed E-state index contributed by atoms with van der Waals surface area (Å²) in [5.74, 6) is 0.0464. The molecule has 0 bridgehead atoms. The highest BCUT2D eigenvalue weighted by molar-refractivity contribution is 6.00. The van der Waals surface area contributed by atoms with Crippen LogP contribution in [-0.4, -0.2) is 39.7 Å². The molecule has 29 heavy (non-hydrogen) atoms. The van der Waals surface area contributed by atoms with E-state index in [1.165, 1.54) is 6.08 Å². The van der Waals surface area contributed by atoms with E-state index in [2.05, 4.69) is 20.7 Å². The smallest absolute Gasteiger partial charge is 0.246 e. The van der Waals surface area contributed by atoms with E-state index in [1.54, 1.807) is 31.0 Å². The number of hydrogen-bond acceptors (Lipinski definition) is 5. The zero-order chi connectivity index (χ0) is 21.0. The molecular formula is C21H23N5O3. The van der Waals surface area contributed by atoms with Crippen LogP contribution < -0.4 is 15.4 Å². The Hall–Kier alpha value is -3.68. The SMILES string of the molecule is COc1ccc(/C=C/C(=O)NC(C)C(=O)Nc2cnc3c(c2)c(C)nn3C)cc1. The standard InChI is InChI=1S/C21H23N5O3/c1-13-18-11-16(12-22-20(18)26(3)25-13)24-21(28)14(2)23-19(27)10-7-15-5-8-17(29-4)9-6-15/h5-12,14H,1-4H3,(H,23,27)(H,24,28)/b10-7+. The van der Waals surface area contributed by atoms with Crippen molar-refractivity contribution < 1.29 is 14.3 Å². The van der Waals surface area contributed by atoms with Crippen molar-refractivity contribution in [3.05, 3.63) is 53.9 Å². The minimum absolute atomic E-state index is 0.334. The Morgan fingerprint density at radius 2 is 1.97 bits per heavy atom. The van der Waals surface area contributed by atoms with Crippen molar-refractivity contribution in [1.82, 2.24) is 20.1 Å². The van der Waals surface area contributed by atoms with Crippen LogP contribution >= 0.6 is 0 Å². The molecule has 2 heterocycles. The van der Waals surface area contributed by atoms with Gasteiger partial charge in [0, 0.05) is 18.5 Å². The van der Waals surface area contributed by atoms with Gasteiger partial charge in [-0.1, -0.05) is 12.1 Å². The number of methoxy groups -OCH3 is 1. The lowest BCUT2D eigenvalue weighted by molar-refractivity contribution is -0.123. The van der Waals surface area contributed by atoms with Crippen molar-refractivity contribution in [3.63, 3.8) is 0 Å². The van der Waals surface area contributed by atoms with E-state index in [1.807, 2.05) is 44.3 Å². The van der Waals surface area contributed by atoms with Gasteiger partial charge in [-0.05, 0) is 43.7 Å². The molecule has 2 N–H and O–H groups in total. The summed E-state index contributed by atoms with van der Waals surface area (Å²) >= 11 is 0. The molecule has 0 saturated carbocycles. The number of benzene rings is 1. The molecule has 3 aromatic rings. The number of ether oxygens (including phenoxy) is 1. The second kappa shape index (κ2) is 8.55. The zero-order valence-electron chi connectivity index (χ0n) is 16.8. The van der Waals surface area contributed by atoms with E-state index >= 15 is 0 Å². The van der Waals surface area contributed by atoms with Crippen LogP contribution in [0.4, 0.5) is 5.69 Å². The topological polar surface area (TPSA) is 98.1 Å². The maximum Gasteiger partial charge on any atom is 0.246 e. The molecule has 8 nitrogen and oxygen atoms in total. The highest BCUT2D eigenvalue weighted by Gasteiger charge is 2.15. The summed E-state index contributed by atoms with van der Waals surface area (Å²) in [4.78, 5) is 28.8. The Morgan fingerprint density at radius 3 is 2.66 bits per heavy atom. The van der Waals surface area contributed by atoms with Gasteiger partial charge in [-0.2, -0.15) is 5.10 Å². The summed E-state index contributed by atoms with van der Waals surface area (Å²) in [6, 6.07) is 8.39. The van der Waals surface area contributed by atoms with E-state index in [0.29, 0.717) is 5.69 Å². The summed E-state index contributed by atoms with van der Waals surface area (Å²) in [5, 5.41) is 10.6. The van der Waals surface area contributed by atoms with Crippen LogP contribution in [0.1, 0.15) is 18.2 Å².